The van der Waals surface area contributed by atoms with Gasteiger partial charge in [-0.1, -0.05) is 22.0 Å². The number of hydrogen-bond acceptors (Lipinski definition) is 5. The summed E-state index contributed by atoms with van der Waals surface area (Å²) < 4.78 is 60.8. The van der Waals surface area contributed by atoms with Gasteiger partial charge in [-0.15, -0.1) is 0 Å². The molecule has 1 heterocycles. The maximum atomic E-state index is 12.6. The average Bonchev–Trinajstić information content (AvgIpc) is 3.16. The number of benzene rings is 2. The smallest absolute Gasteiger partial charge is 0.261 e. The standard InChI is InChI=1S/C18H17BrN2O5S2/c1-13-10-17(7-8-18(13)19)28(24,25)21-14-4-2-6-16(11-14)27(22,23)20-12-15-5-3-9-26-15/h2-11,20-21H,12H2,1H3. The molecule has 3 rings (SSSR count). The summed E-state index contributed by atoms with van der Waals surface area (Å²) in [5.74, 6) is 0.464. The van der Waals surface area contributed by atoms with Crippen molar-refractivity contribution in [2.24, 2.45) is 0 Å². The predicted molar refractivity (Wildman–Crippen MR) is 109 cm³/mol. The molecule has 0 saturated carbocycles. The van der Waals surface area contributed by atoms with Crippen molar-refractivity contribution >= 4 is 41.7 Å². The van der Waals surface area contributed by atoms with Gasteiger partial charge in [0.05, 0.1) is 28.3 Å². The Morgan fingerprint density at radius 2 is 1.68 bits per heavy atom. The monoisotopic (exact) mass is 484 g/mol. The molecule has 0 fully saturated rings. The van der Waals surface area contributed by atoms with Gasteiger partial charge in [0, 0.05) is 4.47 Å². The van der Waals surface area contributed by atoms with Crippen LogP contribution >= 0.6 is 15.9 Å². The zero-order valence-corrected chi connectivity index (χ0v) is 17.9. The molecule has 0 aliphatic heterocycles. The average molecular weight is 485 g/mol. The van der Waals surface area contributed by atoms with E-state index >= 15 is 0 Å². The molecule has 0 saturated heterocycles. The molecule has 2 N–H and O–H groups in total. The number of halogens is 1. The van der Waals surface area contributed by atoms with E-state index in [1.54, 1.807) is 25.1 Å². The Balaban J connectivity index is 1.81. The third-order valence-electron chi connectivity index (χ3n) is 3.85. The molecule has 1 aromatic heterocycles. The van der Waals surface area contributed by atoms with Crippen molar-refractivity contribution in [1.82, 2.24) is 4.72 Å². The second-order valence-electron chi connectivity index (χ2n) is 5.95. The van der Waals surface area contributed by atoms with Crippen molar-refractivity contribution in [3.8, 4) is 0 Å². The van der Waals surface area contributed by atoms with Gasteiger partial charge in [0.1, 0.15) is 5.76 Å². The van der Waals surface area contributed by atoms with Crippen molar-refractivity contribution in [1.29, 1.82) is 0 Å². The lowest BCUT2D eigenvalue weighted by atomic mass is 10.2. The SMILES string of the molecule is Cc1cc(S(=O)(=O)Nc2cccc(S(=O)(=O)NCc3ccco3)c2)ccc1Br. The first-order valence-electron chi connectivity index (χ1n) is 8.08. The molecule has 148 valence electrons. The Morgan fingerprint density at radius 3 is 2.36 bits per heavy atom. The highest BCUT2D eigenvalue weighted by Gasteiger charge is 2.18. The molecule has 0 spiro atoms. The third kappa shape index (κ3) is 4.82. The summed E-state index contributed by atoms with van der Waals surface area (Å²) in [5, 5.41) is 0. The molecule has 2 aromatic carbocycles. The Morgan fingerprint density at radius 1 is 0.929 bits per heavy atom. The largest absolute Gasteiger partial charge is 0.468 e. The van der Waals surface area contributed by atoms with Crippen LogP contribution in [-0.4, -0.2) is 16.8 Å². The van der Waals surface area contributed by atoms with Crippen molar-refractivity contribution < 1.29 is 21.3 Å². The van der Waals surface area contributed by atoms with E-state index in [2.05, 4.69) is 25.4 Å². The highest BCUT2D eigenvalue weighted by Crippen LogP contribution is 2.23. The minimum absolute atomic E-state index is 0.0105. The van der Waals surface area contributed by atoms with Crippen molar-refractivity contribution in [2.75, 3.05) is 4.72 Å². The number of anilines is 1. The lowest BCUT2D eigenvalue weighted by Crippen LogP contribution is -2.23. The van der Waals surface area contributed by atoms with Crippen LogP contribution in [0.25, 0.3) is 0 Å². The fourth-order valence-corrected chi connectivity index (χ4v) is 4.81. The van der Waals surface area contributed by atoms with Crippen molar-refractivity contribution in [2.45, 2.75) is 23.3 Å². The maximum absolute atomic E-state index is 12.6. The molecule has 0 aliphatic rings. The topological polar surface area (TPSA) is 105 Å². The third-order valence-corrected chi connectivity index (χ3v) is 7.52. The van der Waals surface area contributed by atoms with Crippen LogP contribution in [0.15, 0.2) is 79.5 Å². The highest BCUT2D eigenvalue weighted by molar-refractivity contribution is 9.10. The molecule has 7 nitrogen and oxygen atoms in total. The number of nitrogens with one attached hydrogen (secondary N) is 2. The Labute approximate surface area is 172 Å². The molecule has 0 aliphatic carbocycles. The molecule has 0 bridgehead atoms. The van der Waals surface area contributed by atoms with Gasteiger partial charge in [-0.2, -0.15) is 0 Å². The number of rotatable bonds is 7. The molecule has 3 aromatic rings. The summed E-state index contributed by atoms with van der Waals surface area (Å²) in [6, 6.07) is 13.5. The summed E-state index contributed by atoms with van der Waals surface area (Å²) >= 11 is 3.33. The van der Waals surface area contributed by atoms with Crippen LogP contribution in [0, 0.1) is 6.92 Å². The zero-order valence-electron chi connectivity index (χ0n) is 14.7. The minimum atomic E-state index is -3.86. The molecule has 0 amide bonds. The first-order valence-corrected chi connectivity index (χ1v) is 11.8. The number of furan rings is 1. The van der Waals surface area contributed by atoms with E-state index in [1.807, 2.05) is 0 Å². The van der Waals surface area contributed by atoms with Gasteiger partial charge in [-0.3, -0.25) is 4.72 Å². The molecule has 0 atom stereocenters. The van der Waals surface area contributed by atoms with Gasteiger partial charge in [0.15, 0.2) is 0 Å². The first kappa shape index (κ1) is 20.6. The van der Waals surface area contributed by atoms with Gasteiger partial charge < -0.3 is 4.42 Å². The second-order valence-corrected chi connectivity index (χ2v) is 10.3. The lowest BCUT2D eigenvalue weighted by Gasteiger charge is -2.11. The van der Waals surface area contributed by atoms with E-state index in [0.717, 1.165) is 10.0 Å². The molecule has 0 radical (unpaired) electrons. The van der Waals surface area contributed by atoms with Crippen LogP contribution in [0.4, 0.5) is 5.69 Å². The van der Waals surface area contributed by atoms with Crippen LogP contribution in [0.1, 0.15) is 11.3 Å². The lowest BCUT2D eigenvalue weighted by molar-refractivity contribution is 0.498. The fraction of sp³-hybridized carbons (Fsp3) is 0.111. The van der Waals surface area contributed by atoms with E-state index in [0.29, 0.717) is 5.76 Å². The Bertz CT molecular complexity index is 1190. The molecule has 28 heavy (non-hydrogen) atoms. The van der Waals surface area contributed by atoms with Crippen molar-refractivity contribution in [3.05, 3.63) is 76.7 Å². The summed E-state index contributed by atoms with van der Waals surface area (Å²) in [4.78, 5) is 0.0173. The maximum Gasteiger partial charge on any atom is 0.261 e. The molecular formula is C18H17BrN2O5S2. The van der Waals surface area contributed by atoms with Crippen molar-refractivity contribution in [3.63, 3.8) is 0 Å². The normalized spacial score (nSPS) is 12.1. The summed E-state index contributed by atoms with van der Waals surface area (Å²) in [7, 11) is -7.71. The quantitative estimate of drug-likeness (QED) is 0.532. The number of sulfonamides is 2. The van der Waals surface area contributed by atoms with Crippen LogP contribution in [0.3, 0.4) is 0 Å². The highest BCUT2D eigenvalue weighted by atomic mass is 79.9. The first-order chi connectivity index (χ1) is 13.2. The van der Waals surface area contributed by atoms with Crippen LogP contribution < -0.4 is 9.44 Å². The Hall–Kier alpha value is -2.14. The molecule has 0 unspecified atom stereocenters. The van der Waals surface area contributed by atoms with Crippen LogP contribution in [0.5, 0.6) is 0 Å². The van der Waals surface area contributed by atoms with Gasteiger partial charge in [-0.05, 0) is 61.0 Å². The van der Waals surface area contributed by atoms with E-state index in [9.17, 15) is 16.8 Å². The van der Waals surface area contributed by atoms with Crippen LogP contribution in [-0.2, 0) is 26.6 Å². The minimum Gasteiger partial charge on any atom is -0.468 e. The number of aryl methyl sites for hydroxylation is 1. The van der Waals surface area contributed by atoms with Crippen LogP contribution in [0.2, 0.25) is 0 Å². The van der Waals surface area contributed by atoms with Gasteiger partial charge in [0.2, 0.25) is 10.0 Å². The summed E-state index contributed by atoms with van der Waals surface area (Å²) in [6.07, 6.45) is 1.45. The zero-order chi connectivity index (χ0) is 20.4. The van der Waals surface area contributed by atoms with Gasteiger partial charge in [-0.25, -0.2) is 21.6 Å². The fourth-order valence-electron chi connectivity index (χ4n) is 2.39. The summed E-state index contributed by atoms with van der Waals surface area (Å²) in [5.41, 5.74) is 0.905. The number of hydrogen-bond donors (Lipinski definition) is 2. The summed E-state index contributed by atoms with van der Waals surface area (Å²) in [6.45, 7) is 1.77. The predicted octanol–water partition coefficient (Wildman–Crippen LogP) is 3.63. The Kier molecular flexibility index (Phi) is 5.94. The molecule has 10 heteroatoms. The van der Waals surface area contributed by atoms with E-state index in [4.69, 9.17) is 4.42 Å². The van der Waals surface area contributed by atoms with E-state index in [1.165, 1.54) is 42.7 Å². The van der Waals surface area contributed by atoms with E-state index in [-0.39, 0.29) is 22.0 Å². The van der Waals surface area contributed by atoms with Gasteiger partial charge in [0.25, 0.3) is 10.0 Å². The van der Waals surface area contributed by atoms with E-state index < -0.39 is 20.0 Å². The molecular weight excluding hydrogens is 468 g/mol. The van der Waals surface area contributed by atoms with Gasteiger partial charge >= 0.3 is 0 Å². The second kappa shape index (κ2) is 8.08.